The molecule has 3 heteroatoms. The van der Waals surface area contributed by atoms with Crippen molar-refractivity contribution in [2.75, 3.05) is 0 Å². The van der Waals surface area contributed by atoms with Crippen LogP contribution in [-0.4, -0.2) is 9.38 Å². The second-order valence-electron chi connectivity index (χ2n) is 4.24. The first-order chi connectivity index (χ1) is 7.13. The molecule has 2 heterocycles. The van der Waals surface area contributed by atoms with Crippen LogP contribution in [0.4, 0.5) is 0 Å². The number of fused-ring (bicyclic) bond motifs is 1. The fourth-order valence-corrected chi connectivity index (χ4v) is 1.84. The van der Waals surface area contributed by atoms with Crippen molar-refractivity contribution in [3.05, 3.63) is 35.4 Å². The normalized spacial score (nSPS) is 11.5. The molecule has 2 aromatic rings. The zero-order valence-corrected chi connectivity index (χ0v) is 9.49. The molecule has 0 spiro atoms. The molecule has 0 aliphatic carbocycles. The van der Waals surface area contributed by atoms with Gasteiger partial charge < -0.3 is 10.1 Å². The number of nitrogens with zero attached hydrogens (tertiary/aromatic N) is 2. The third kappa shape index (κ3) is 1.63. The van der Waals surface area contributed by atoms with Gasteiger partial charge in [0.15, 0.2) is 0 Å². The van der Waals surface area contributed by atoms with Gasteiger partial charge in [-0.2, -0.15) is 0 Å². The van der Waals surface area contributed by atoms with Crippen LogP contribution in [0.15, 0.2) is 18.3 Å². The highest BCUT2D eigenvalue weighted by molar-refractivity contribution is 5.54. The maximum absolute atomic E-state index is 5.69. The van der Waals surface area contributed by atoms with Crippen LogP contribution in [0.5, 0.6) is 0 Å². The van der Waals surface area contributed by atoms with Gasteiger partial charge in [-0.1, -0.05) is 19.9 Å². The molecular weight excluding hydrogens is 186 g/mol. The lowest BCUT2D eigenvalue weighted by atomic mass is 10.2. The Morgan fingerprint density at radius 3 is 2.73 bits per heavy atom. The topological polar surface area (TPSA) is 43.3 Å². The Kier molecular flexibility index (Phi) is 2.49. The highest BCUT2D eigenvalue weighted by Gasteiger charge is 2.12. The Balaban J connectivity index is 2.76. The Hall–Kier alpha value is -1.35. The van der Waals surface area contributed by atoms with Gasteiger partial charge in [0.1, 0.15) is 5.82 Å². The number of hydrogen-bond donors (Lipinski definition) is 1. The van der Waals surface area contributed by atoms with Gasteiger partial charge in [0.25, 0.3) is 0 Å². The third-order valence-electron chi connectivity index (χ3n) is 2.60. The summed E-state index contributed by atoms with van der Waals surface area (Å²) >= 11 is 0. The highest BCUT2D eigenvalue weighted by atomic mass is 15.0. The van der Waals surface area contributed by atoms with Crippen LogP contribution in [0.2, 0.25) is 0 Å². The number of aryl methyl sites for hydroxylation is 1. The van der Waals surface area contributed by atoms with Crippen LogP contribution in [-0.2, 0) is 6.54 Å². The summed E-state index contributed by atoms with van der Waals surface area (Å²) < 4.78 is 2.15. The first-order valence-corrected chi connectivity index (χ1v) is 5.31. The molecule has 0 fully saturated rings. The van der Waals surface area contributed by atoms with Gasteiger partial charge in [-0.3, -0.25) is 0 Å². The first kappa shape index (κ1) is 10.2. The van der Waals surface area contributed by atoms with Crippen molar-refractivity contribution in [1.82, 2.24) is 9.38 Å². The molecule has 0 atom stereocenters. The second kappa shape index (κ2) is 3.66. The van der Waals surface area contributed by atoms with Gasteiger partial charge in [0.05, 0.1) is 11.2 Å². The smallest absolute Gasteiger partial charge is 0.116 e. The Morgan fingerprint density at radius 1 is 1.40 bits per heavy atom. The zero-order chi connectivity index (χ0) is 11.0. The Morgan fingerprint density at radius 2 is 2.13 bits per heavy atom. The van der Waals surface area contributed by atoms with Crippen molar-refractivity contribution in [3.63, 3.8) is 0 Å². The van der Waals surface area contributed by atoms with Crippen molar-refractivity contribution in [2.24, 2.45) is 5.73 Å². The number of hydrogen-bond acceptors (Lipinski definition) is 2. The zero-order valence-electron chi connectivity index (χ0n) is 9.49. The molecular formula is C12H17N3. The monoisotopic (exact) mass is 203 g/mol. The minimum Gasteiger partial charge on any atom is -0.325 e. The average molecular weight is 203 g/mol. The van der Waals surface area contributed by atoms with Gasteiger partial charge >= 0.3 is 0 Å². The molecule has 0 aliphatic heterocycles. The summed E-state index contributed by atoms with van der Waals surface area (Å²) in [5.41, 5.74) is 9.05. The molecule has 80 valence electrons. The van der Waals surface area contributed by atoms with E-state index in [1.165, 1.54) is 5.56 Å². The van der Waals surface area contributed by atoms with Gasteiger partial charge in [0, 0.05) is 18.7 Å². The van der Waals surface area contributed by atoms with Crippen molar-refractivity contribution in [3.8, 4) is 0 Å². The lowest BCUT2D eigenvalue weighted by Crippen LogP contribution is -1.97. The quantitative estimate of drug-likeness (QED) is 0.813. The molecule has 0 radical (unpaired) electrons. The van der Waals surface area contributed by atoms with E-state index in [2.05, 4.69) is 48.5 Å². The van der Waals surface area contributed by atoms with E-state index < -0.39 is 0 Å². The third-order valence-corrected chi connectivity index (χ3v) is 2.60. The van der Waals surface area contributed by atoms with Crippen molar-refractivity contribution >= 4 is 5.52 Å². The Labute approximate surface area is 89.9 Å². The predicted molar refractivity (Wildman–Crippen MR) is 61.9 cm³/mol. The summed E-state index contributed by atoms with van der Waals surface area (Å²) in [6.45, 7) is 6.89. The van der Waals surface area contributed by atoms with Crippen molar-refractivity contribution < 1.29 is 0 Å². The highest BCUT2D eigenvalue weighted by Crippen LogP contribution is 2.19. The van der Waals surface area contributed by atoms with E-state index in [9.17, 15) is 0 Å². The summed E-state index contributed by atoms with van der Waals surface area (Å²) in [5, 5.41) is 0. The van der Waals surface area contributed by atoms with Crippen LogP contribution in [0, 0.1) is 6.92 Å². The Bertz CT molecular complexity index is 483. The SMILES string of the molecule is Cc1ccc2c(CN)nc(C(C)C)n2c1. The van der Waals surface area contributed by atoms with E-state index in [1.54, 1.807) is 0 Å². The van der Waals surface area contributed by atoms with E-state index >= 15 is 0 Å². The van der Waals surface area contributed by atoms with E-state index in [0.717, 1.165) is 17.0 Å². The minimum absolute atomic E-state index is 0.416. The van der Waals surface area contributed by atoms with Crippen LogP contribution in [0.25, 0.3) is 5.52 Å². The molecule has 0 aliphatic rings. The molecule has 0 aromatic carbocycles. The second-order valence-corrected chi connectivity index (χ2v) is 4.24. The fraction of sp³-hybridized carbons (Fsp3) is 0.417. The summed E-state index contributed by atoms with van der Waals surface area (Å²) in [6, 6.07) is 4.19. The largest absolute Gasteiger partial charge is 0.325 e. The molecule has 15 heavy (non-hydrogen) atoms. The lowest BCUT2D eigenvalue weighted by Gasteiger charge is -2.04. The van der Waals surface area contributed by atoms with E-state index in [-0.39, 0.29) is 0 Å². The summed E-state index contributed by atoms with van der Waals surface area (Å²) in [5.74, 6) is 1.51. The van der Waals surface area contributed by atoms with Crippen LogP contribution < -0.4 is 5.73 Å². The van der Waals surface area contributed by atoms with Crippen molar-refractivity contribution in [2.45, 2.75) is 33.2 Å². The summed E-state index contributed by atoms with van der Waals surface area (Å²) in [4.78, 5) is 4.59. The maximum atomic E-state index is 5.69. The van der Waals surface area contributed by atoms with Crippen LogP contribution in [0.3, 0.4) is 0 Å². The molecule has 0 saturated carbocycles. The number of rotatable bonds is 2. The molecule has 3 nitrogen and oxygen atoms in total. The van der Waals surface area contributed by atoms with Gasteiger partial charge in [-0.25, -0.2) is 4.98 Å². The molecule has 2 rings (SSSR count). The molecule has 0 unspecified atom stereocenters. The van der Waals surface area contributed by atoms with Gasteiger partial charge in [0.2, 0.25) is 0 Å². The molecule has 2 N–H and O–H groups in total. The lowest BCUT2D eigenvalue weighted by molar-refractivity contribution is 0.764. The standard InChI is InChI=1S/C12H17N3/c1-8(2)12-14-10(6-13)11-5-4-9(3)7-15(11)12/h4-5,7-8H,6,13H2,1-3H3. The van der Waals surface area contributed by atoms with Crippen molar-refractivity contribution in [1.29, 1.82) is 0 Å². The molecule has 2 aromatic heterocycles. The molecule has 0 saturated heterocycles. The summed E-state index contributed by atoms with van der Waals surface area (Å²) in [6.07, 6.45) is 2.12. The maximum Gasteiger partial charge on any atom is 0.116 e. The average Bonchev–Trinajstić information content (AvgIpc) is 2.55. The number of pyridine rings is 1. The predicted octanol–water partition coefficient (Wildman–Crippen LogP) is 2.22. The van der Waals surface area contributed by atoms with E-state index in [4.69, 9.17) is 5.73 Å². The van der Waals surface area contributed by atoms with Crippen LogP contribution >= 0.6 is 0 Å². The van der Waals surface area contributed by atoms with Crippen LogP contribution in [0.1, 0.15) is 36.8 Å². The summed E-state index contributed by atoms with van der Waals surface area (Å²) in [7, 11) is 0. The van der Waals surface area contributed by atoms with Gasteiger partial charge in [-0.15, -0.1) is 0 Å². The van der Waals surface area contributed by atoms with Gasteiger partial charge in [-0.05, 0) is 18.6 Å². The number of aromatic nitrogens is 2. The van der Waals surface area contributed by atoms with E-state index in [0.29, 0.717) is 12.5 Å². The molecule has 0 bridgehead atoms. The fourth-order valence-electron chi connectivity index (χ4n) is 1.84. The number of nitrogens with two attached hydrogens (primary N) is 1. The minimum atomic E-state index is 0.416. The van der Waals surface area contributed by atoms with E-state index in [1.807, 2.05) is 0 Å². The molecule has 0 amide bonds. The first-order valence-electron chi connectivity index (χ1n) is 5.31. The number of imidazole rings is 1.